The van der Waals surface area contributed by atoms with Crippen LogP contribution < -0.4 is 20.3 Å². The molecule has 0 unspecified atom stereocenters. The molecule has 5 heteroatoms. The third-order valence-electron chi connectivity index (χ3n) is 11.1. The number of ether oxygens (including phenoxy) is 1. The van der Waals surface area contributed by atoms with E-state index < -0.39 is 0 Å². The molecule has 0 radical (unpaired) electrons. The largest absolute Gasteiger partial charge is 0.551 e. The molecule has 0 saturated heterocycles. The summed E-state index contributed by atoms with van der Waals surface area (Å²) >= 11 is 0. The molecule has 0 bridgehead atoms. The first-order chi connectivity index (χ1) is 26.3. The SMILES string of the molecule is c1ccc2c(c1)OB1c3cccc(-n4c5ccccc5c5ccccc54)c3Oc3cc(-c4ccccc4-c4ccc5oc6ccccc6c5c4)cc-2c31. The zero-order valence-electron chi connectivity index (χ0n) is 28.4. The highest BCUT2D eigenvalue weighted by Gasteiger charge is 2.42. The topological polar surface area (TPSA) is 36.5 Å². The zero-order chi connectivity index (χ0) is 34.6. The summed E-state index contributed by atoms with van der Waals surface area (Å²) in [5, 5.41) is 4.65. The molecule has 12 rings (SSSR count). The molecule has 0 aliphatic carbocycles. The van der Waals surface area contributed by atoms with Gasteiger partial charge < -0.3 is 18.4 Å². The van der Waals surface area contributed by atoms with Crippen LogP contribution in [0, 0.1) is 0 Å². The fourth-order valence-electron chi connectivity index (χ4n) is 8.76. The Balaban J connectivity index is 1.08. The van der Waals surface area contributed by atoms with Gasteiger partial charge in [0.25, 0.3) is 0 Å². The molecule has 246 valence electrons. The molecule has 0 spiro atoms. The van der Waals surface area contributed by atoms with Crippen LogP contribution in [0.15, 0.2) is 174 Å². The molecule has 2 aromatic heterocycles. The van der Waals surface area contributed by atoms with Crippen LogP contribution in [0.2, 0.25) is 0 Å². The minimum absolute atomic E-state index is 0.326. The lowest BCUT2D eigenvalue weighted by molar-refractivity contribution is 0.478. The average molecular weight is 678 g/mol. The number of para-hydroxylation sites is 5. The van der Waals surface area contributed by atoms with E-state index in [1.54, 1.807) is 0 Å². The lowest BCUT2D eigenvalue weighted by atomic mass is 9.50. The fraction of sp³-hybridized carbons (Fsp3) is 0. The van der Waals surface area contributed by atoms with Crippen LogP contribution in [0.5, 0.6) is 17.2 Å². The van der Waals surface area contributed by atoms with Crippen molar-refractivity contribution in [2.24, 2.45) is 0 Å². The van der Waals surface area contributed by atoms with Crippen molar-refractivity contribution in [3.63, 3.8) is 0 Å². The maximum Gasteiger partial charge on any atom is 0.434 e. The third kappa shape index (κ3) is 4.07. The molecule has 8 aromatic carbocycles. The van der Waals surface area contributed by atoms with E-state index in [9.17, 15) is 0 Å². The molecule has 2 aliphatic heterocycles. The van der Waals surface area contributed by atoms with Gasteiger partial charge in [0.05, 0.1) is 16.7 Å². The van der Waals surface area contributed by atoms with Gasteiger partial charge in [-0.2, -0.15) is 0 Å². The Kier molecular flexibility index (Phi) is 5.83. The van der Waals surface area contributed by atoms with Crippen molar-refractivity contribution >= 4 is 61.6 Å². The highest BCUT2D eigenvalue weighted by Crippen LogP contribution is 2.45. The predicted octanol–water partition coefficient (Wildman–Crippen LogP) is 11.3. The van der Waals surface area contributed by atoms with Gasteiger partial charge in [-0.3, -0.25) is 0 Å². The second-order valence-corrected chi connectivity index (χ2v) is 14.0. The molecule has 0 fully saturated rings. The highest BCUT2D eigenvalue weighted by atomic mass is 16.5. The summed E-state index contributed by atoms with van der Waals surface area (Å²) < 4.78 is 22.6. The number of hydrogen-bond acceptors (Lipinski definition) is 3. The first-order valence-electron chi connectivity index (χ1n) is 18.0. The number of aromatic nitrogens is 1. The minimum Gasteiger partial charge on any atom is -0.551 e. The van der Waals surface area contributed by atoms with Crippen molar-refractivity contribution in [3.8, 4) is 56.3 Å². The maximum absolute atomic E-state index is 7.18. The monoisotopic (exact) mass is 677 g/mol. The summed E-state index contributed by atoms with van der Waals surface area (Å²) in [5.41, 5.74) is 13.8. The van der Waals surface area contributed by atoms with Crippen molar-refractivity contribution in [2.75, 3.05) is 0 Å². The van der Waals surface area contributed by atoms with Crippen LogP contribution in [0.4, 0.5) is 0 Å². The first kappa shape index (κ1) is 28.7. The smallest absolute Gasteiger partial charge is 0.434 e. The Morgan fingerprint density at radius 3 is 1.91 bits per heavy atom. The van der Waals surface area contributed by atoms with Gasteiger partial charge in [0.1, 0.15) is 28.4 Å². The highest BCUT2D eigenvalue weighted by molar-refractivity contribution is 6.84. The number of furan rings is 1. The zero-order valence-corrected chi connectivity index (χ0v) is 28.4. The second-order valence-electron chi connectivity index (χ2n) is 14.0. The molecule has 0 atom stereocenters. The van der Waals surface area contributed by atoms with Crippen molar-refractivity contribution in [1.29, 1.82) is 0 Å². The number of nitrogens with zero attached hydrogens (tertiary/aromatic N) is 1. The van der Waals surface area contributed by atoms with Crippen LogP contribution in [0.1, 0.15) is 0 Å². The van der Waals surface area contributed by atoms with Gasteiger partial charge in [-0.1, -0.05) is 115 Å². The molecule has 0 saturated carbocycles. The molecule has 10 aromatic rings. The summed E-state index contributed by atoms with van der Waals surface area (Å²) in [5.74, 6) is 2.49. The van der Waals surface area contributed by atoms with Crippen LogP contribution in [-0.2, 0) is 0 Å². The van der Waals surface area contributed by atoms with Gasteiger partial charge in [0.15, 0.2) is 0 Å². The van der Waals surface area contributed by atoms with Crippen molar-refractivity contribution < 1.29 is 13.8 Å². The number of fused-ring (bicyclic) bond motifs is 10. The van der Waals surface area contributed by atoms with E-state index in [1.807, 2.05) is 18.2 Å². The molecule has 0 N–H and O–H groups in total. The molecular weight excluding hydrogens is 649 g/mol. The molecule has 4 nitrogen and oxygen atoms in total. The maximum atomic E-state index is 7.18. The third-order valence-corrected chi connectivity index (χ3v) is 11.1. The van der Waals surface area contributed by atoms with Crippen molar-refractivity contribution in [2.45, 2.75) is 0 Å². The van der Waals surface area contributed by atoms with Gasteiger partial charge in [-0.15, -0.1) is 0 Å². The van der Waals surface area contributed by atoms with Crippen LogP contribution in [0.3, 0.4) is 0 Å². The van der Waals surface area contributed by atoms with E-state index in [4.69, 9.17) is 13.8 Å². The molecule has 4 heterocycles. The second kappa shape index (κ2) is 10.8. The van der Waals surface area contributed by atoms with E-state index in [2.05, 4.69) is 156 Å². The van der Waals surface area contributed by atoms with Crippen molar-refractivity contribution in [3.05, 3.63) is 170 Å². The molecule has 0 amide bonds. The minimum atomic E-state index is -0.326. The van der Waals surface area contributed by atoms with Gasteiger partial charge in [-0.25, -0.2) is 0 Å². The Hall–Kier alpha value is -6.98. The van der Waals surface area contributed by atoms with Gasteiger partial charge >= 0.3 is 6.92 Å². The first-order valence-corrected chi connectivity index (χ1v) is 18.0. The molecular formula is C48H28BNO3. The van der Waals surface area contributed by atoms with Crippen LogP contribution in [-0.4, -0.2) is 11.5 Å². The van der Waals surface area contributed by atoms with E-state index in [0.717, 1.165) is 100 Å². The lowest BCUT2D eigenvalue weighted by Crippen LogP contribution is -2.53. The van der Waals surface area contributed by atoms with E-state index in [0.29, 0.717) is 0 Å². The summed E-state index contributed by atoms with van der Waals surface area (Å²) in [4.78, 5) is 0. The van der Waals surface area contributed by atoms with E-state index in [1.165, 1.54) is 10.8 Å². The Bertz CT molecular complexity index is 3100. The number of hydrogen-bond donors (Lipinski definition) is 0. The number of rotatable bonds is 3. The van der Waals surface area contributed by atoms with Gasteiger partial charge in [0.2, 0.25) is 0 Å². The average Bonchev–Trinajstić information content (AvgIpc) is 3.76. The molecule has 53 heavy (non-hydrogen) atoms. The standard InChI is InChI=1S/C48H28BNO3/c1-2-13-32(31(12-1)29-24-25-44-37(26-29)35-16-5-9-22-43(35)51-44)30-27-38-36-17-6-10-23-45(36)53-49-39-18-11-21-42(48(39)52-46(28-30)47(38)49)50-40-19-7-3-14-33(40)34-15-4-8-20-41(34)50/h1-28H. The van der Waals surface area contributed by atoms with E-state index in [-0.39, 0.29) is 6.92 Å². The normalized spacial score (nSPS) is 12.8. The molecule has 2 aliphatic rings. The summed E-state index contributed by atoms with van der Waals surface area (Å²) in [6.07, 6.45) is 0. The lowest BCUT2D eigenvalue weighted by Gasteiger charge is -2.34. The Morgan fingerprint density at radius 2 is 1.09 bits per heavy atom. The van der Waals surface area contributed by atoms with Crippen LogP contribution >= 0.6 is 0 Å². The predicted molar refractivity (Wildman–Crippen MR) is 217 cm³/mol. The Morgan fingerprint density at radius 1 is 0.434 bits per heavy atom. The summed E-state index contributed by atoms with van der Waals surface area (Å²) in [7, 11) is 0. The van der Waals surface area contributed by atoms with Crippen molar-refractivity contribution in [1.82, 2.24) is 4.57 Å². The van der Waals surface area contributed by atoms with E-state index >= 15 is 0 Å². The summed E-state index contributed by atoms with van der Waals surface area (Å²) in [6, 6.07) is 59.9. The Labute approximate surface area is 305 Å². The van der Waals surface area contributed by atoms with Gasteiger partial charge in [-0.05, 0) is 82.4 Å². The summed E-state index contributed by atoms with van der Waals surface area (Å²) in [6.45, 7) is -0.326. The van der Waals surface area contributed by atoms with Crippen LogP contribution in [0.25, 0.3) is 82.8 Å². The van der Waals surface area contributed by atoms with Gasteiger partial charge in [0, 0.05) is 38.0 Å². The fourth-order valence-corrected chi connectivity index (χ4v) is 8.76. The quantitative estimate of drug-likeness (QED) is 0.175. The number of benzene rings is 8.